The lowest BCUT2D eigenvalue weighted by atomic mass is 10.2. The van der Waals surface area contributed by atoms with Crippen molar-refractivity contribution in [1.29, 1.82) is 0 Å². The second kappa shape index (κ2) is 6.89. The number of fused-ring (bicyclic) bond motifs is 1. The molecule has 27 heavy (non-hydrogen) atoms. The Morgan fingerprint density at radius 3 is 2.52 bits per heavy atom. The molecule has 0 aliphatic carbocycles. The van der Waals surface area contributed by atoms with Gasteiger partial charge in [-0.25, -0.2) is 9.48 Å². The number of hydrogen-bond acceptors (Lipinski definition) is 4. The Labute approximate surface area is 157 Å². The molecule has 0 aliphatic rings. The van der Waals surface area contributed by atoms with Gasteiger partial charge in [-0.05, 0) is 45.2 Å². The summed E-state index contributed by atoms with van der Waals surface area (Å²) in [6.45, 7) is 5.24. The fourth-order valence-corrected chi connectivity index (χ4v) is 3.43. The molecule has 138 valence electrons. The van der Waals surface area contributed by atoms with Crippen LogP contribution in [0.15, 0.2) is 63.8 Å². The quantitative estimate of drug-likeness (QED) is 0.545. The summed E-state index contributed by atoms with van der Waals surface area (Å²) < 4.78 is 8.95. The van der Waals surface area contributed by atoms with Crippen LogP contribution in [0.1, 0.15) is 17.0 Å². The van der Waals surface area contributed by atoms with Gasteiger partial charge in [0.2, 0.25) is 0 Å². The van der Waals surface area contributed by atoms with E-state index in [4.69, 9.17) is 9.52 Å². The van der Waals surface area contributed by atoms with Crippen molar-refractivity contribution in [2.45, 2.75) is 27.1 Å². The van der Waals surface area contributed by atoms with Crippen molar-refractivity contribution < 1.29 is 4.42 Å². The molecule has 2 heterocycles. The first-order chi connectivity index (χ1) is 13.0. The molecule has 0 aliphatic heterocycles. The molecule has 0 saturated carbocycles. The topological polar surface area (TPSA) is 56.2 Å². The molecule has 6 nitrogen and oxygen atoms in total. The molecule has 0 atom stereocenters. The molecular formula is C21H22N4O2. The van der Waals surface area contributed by atoms with Crippen LogP contribution in [0.25, 0.3) is 16.8 Å². The average Bonchev–Trinajstić information content (AvgIpc) is 3.13. The van der Waals surface area contributed by atoms with Crippen LogP contribution in [-0.2, 0) is 13.2 Å². The molecule has 2 aromatic carbocycles. The maximum Gasteiger partial charge on any atom is 0.421 e. The monoisotopic (exact) mass is 362 g/mol. The SMILES string of the molecule is Cc1nn(-c2ccccc2)c(C)c1CN(C)Cn1c(=O)oc2ccccc21. The molecule has 0 N–H and O–H groups in total. The minimum atomic E-state index is -0.337. The highest BCUT2D eigenvalue weighted by atomic mass is 16.4. The van der Waals surface area contributed by atoms with E-state index in [9.17, 15) is 4.79 Å². The van der Waals surface area contributed by atoms with Gasteiger partial charge in [-0.2, -0.15) is 5.10 Å². The molecule has 0 unspecified atom stereocenters. The first-order valence-electron chi connectivity index (χ1n) is 8.92. The van der Waals surface area contributed by atoms with E-state index >= 15 is 0 Å². The van der Waals surface area contributed by atoms with Gasteiger partial charge in [0.15, 0.2) is 5.58 Å². The van der Waals surface area contributed by atoms with E-state index in [-0.39, 0.29) is 5.76 Å². The first kappa shape index (κ1) is 17.3. The highest BCUT2D eigenvalue weighted by Gasteiger charge is 2.16. The second-order valence-electron chi connectivity index (χ2n) is 6.82. The van der Waals surface area contributed by atoms with Gasteiger partial charge >= 0.3 is 5.76 Å². The summed E-state index contributed by atoms with van der Waals surface area (Å²) in [4.78, 5) is 14.3. The number of hydrogen-bond donors (Lipinski definition) is 0. The standard InChI is InChI=1S/C21H22N4O2/c1-15-18(16(2)25(22-15)17-9-5-4-6-10-17)13-23(3)14-24-19-11-7-8-12-20(19)27-21(24)26/h4-12H,13-14H2,1-3H3. The van der Waals surface area contributed by atoms with Crippen LogP contribution in [0.4, 0.5) is 0 Å². The van der Waals surface area contributed by atoms with Gasteiger partial charge in [0.25, 0.3) is 0 Å². The van der Waals surface area contributed by atoms with Gasteiger partial charge in [-0.1, -0.05) is 30.3 Å². The number of para-hydroxylation sites is 3. The zero-order valence-corrected chi connectivity index (χ0v) is 15.7. The second-order valence-corrected chi connectivity index (χ2v) is 6.82. The van der Waals surface area contributed by atoms with Crippen LogP contribution in [0.2, 0.25) is 0 Å². The zero-order chi connectivity index (χ0) is 19.0. The first-order valence-corrected chi connectivity index (χ1v) is 8.92. The van der Waals surface area contributed by atoms with Crippen LogP contribution in [0.5, 0.6) is 0 Å². The number of oxazole rings is 1. The number of nitrogens with zero attached hydrogens (tertiary/aromatic N) is 4. The predicted molar refractivity (Wildman–Crippen MR) is 105 cm³/mol. The summed E-state index contributed by atoms with van der Waals surface area (Å²) in [7, 11) is 1.99. The molecule has 0 amide bonds. The Morgan fingerprint density at radius 2 is 1.74 bits per heavy atom. The van der Waals surface area contributed by atoms with Crippen LogP contribution in [-0.4, -0.2) is 26.3 Å². The van der Waals surface area contributed by atoms with Crippen molar-refractivity contribution in [2.24, 2.45) is 0 Å². The van der Waals surface area contributed by atoms with E-state index in [0.29, 0.717) is 18.8 Å². The van der Waals surface area contributed by atoms with Gasteiger partial charge in [-0.15, -0.1) is 0 Å². The normalized spacial score (nSPS) is 11.6. The van der Waals surface area contributed by atoms with Crippen molar-refractivity contribution in [1.82, 2.24) is 19.2 Å². The third-order valence-corrected chi connectivity index (χ3v) is 4.83. The highest BCUT2D eigenvalue weighted by molar-refractivity contribution is 5.72. The Morgan fingerprint density at radius 1 is 1.04 bits per heavy atom. The minimum absolute atomic E-state index is 0.337. The van der Waals surface area contributed by atoms with E-state index in [1.54, 1.807) is 4.57 Å². The fraction of sp³-hybridized carbons (Fsp3) is 0.238. The molecule has 4 aromatic rings. The van der Waals surface area contributed by atoms with Crippen LogP contribution in [0.3, 0.4) is 0 Å². The summed E-state index contributed by atoms with van der Waals surface area (Å²) in [6, 6.07) is 17.6. The predicted octanol–water partition coefficient (Wildman–Crippen LogP) is 3.49. The van der Waals surface area contributed by atoms with Crippen LogP contribution in [0, 0.1) is 13.8 Å². The Hall–Kier alpha value is -3.12. The summed E-state index contributed by atoms with van der Waals surface area (Å²) in [5, 5.41) is 4.70. The summed E-state index contributed by atoms with van der Waals surface area (Å²) in [6.07, 6.45) is 0. The summed E-state index contributed by atoms with van der Waals surface area (Å²) in [5.74, 6) is -0.337. The molecule has 2 aromatic heterocycles. The Balaban J connectivity index is 1.60. The number of rotatable bonds is 5. The molecule has 0 radical (unpaired) electrons. The Bertz CT molecular complexity index is 1140. The molecule has 6 heteroatoms. The maximum atomic E-state index is 12.2. The van der Waals surface area contributed by atoms with Crippen LogP contribution < -0.4 is 5.76 Å². The molecule has 0 spiro atoms. The van der Waals surface area contributed by atoms with Gasteiger partial charge in [0.1, 0.15) is 0 Å². The van der Waals surface area contributed by atoms with E-state index in [2.05, 4.69) is 11.8 Å². The van der Waals surface area contributed by atoms with E-state index in [1.807, 2.05) is 73.3 Å². The third kappa shape index (κ3) is 3.19. The van der Waals surface area contributed by atoms with Gasteiger partial charge in [0, 0.05) is 17.8 Å². The molecule has 0 saturated heterocycles. The number of aromatic nitrogens is 3. The Kier molecular flexibility index (Phi) is 4.41. The van der Waals surface area contributed by atoms with Gasteiger partial charge in [-0.3, -0.25) is 9.47 Å². The highest BCUT2D eigenvalue weighted by Crippen LogP contribution is 2.20. The van der Waals surface area contributed by atoms with Crippen molar-refractivity contribution in [2.75, 3.05) is 7.05 Å². The molecular weight excluding hydrogens is 340 g/mol. The lowest BCUT2D eigenvalue weighted by Gasteiger charge is -2.17. The smallest absolute Gasteiger partial charge is 0.408 e. The lowest BCUT2D eigenvalue weighted by molar-refractivity contribution is 0.252. The van der Waals surface area contributed by atoms with Crippen LogP contribution >= 0.6 is 0 Å². The van der Waals surface area contributed by atoms with Gasteiger partial charge < -0.3 is 4.42 Å². The van der Waals surface area contributed by atoms with Crippen molar-refractivity contribution in [3.63, 3.8) is 0 Å². The molecule has 0 fully saturated rings. The van der Waals surface area contributed by atoms with E-state index in [0.717, 1.165) is 22.6 Å². The van der Waals surface area contributed by atoms with Crippen molar-refractivity contribution in [3.05, 3.63) is 82.1 Å². The van der Waals surface area contributed by atoms with Crippen molar-refractivity contribution >= 4 is 11.1 Å². The fourth-order valence-electron chi connectivity index (χ4n) is 3.43. The van der Waals surface area contributed by atoms with Gasteiger partial charge in [0.05, 0.1) is 23.6 Å². The largest absolute Gasteiger partial charge is 0.421 e. The summed E-state index contributed by atoms with van der Waals surface area (Å²) >= 11 is 0. The molecule has 0 bridgehead atoms. The van der Waals surface area contributed by atoms with E-state index < -0.39 is 0 Å². The third-order valence-electron chi connectivity index (χ3n) is 4.83. The lowest BCUT2D eigenvalue weighted by Crippen LogP contribution is -2.27. The maximum absolute atomic E-state index is 12.2. The number of aryl methyl sites for hydroxylation is 1. The van der Waals surface area contributed by atoms with Crippen molar-refractivity contribution in [3.8, 4) is 5.69 Å². The molecule has 4 rings (SSSR count). The van der Waals surface area contributed by atoms with E-state index in [1.165, 1.54) is 5.56 Å². The minimum Gasteiger partial charge on any atom is -0.408 e. The number of benzene rings is 2. The summed E-state index contributed by atoms with van der Waals surface area (Å²) in [5.41, 5.74) is 5.73. The average molecular weight is 362 g/mol. The zero-order valence-electron chi connectivity index (χ0n) is 15.7.